The molecule has 3 unspecified atom stereocenters. The van der Waals surface area contributed by atoms with E-state index in [-0.39, 0.29) is 19.1 Å². The summed E-state index contributed by atoms with van der Waals surface area (Å²) in [6.07, 6.45) is 68.1. The second kappa shape index (κ2) is 47.5. The number of unbranched alkanes of at least 4 members (excludes halogenated alkanes) is 20. The van der Waals surface area contributed by atoms with Gasteiger partial charge in [0.2, 0.25) is 5.91 Å². The van der Waals surface area contributed by atoms with Gasteiger partial charge in [0.25, 0.3) is 0 Å². The number of amides is 1. The van der Waals surface area contributed by atoms with E-state index in [0.29, 0.717) is 17.4 Å². The minimum absolute atomic E-state index is 0.0528. The Morgan fingerprint density at radius 1 is 0.530 bits per heavy atom. The molecule has 0 aromatic rings. The number of nitrogens with one attached hydrogen (secondary N) is 1. The maximum Gasteiger partial charge on any atom is 0.472 e. The number of rotatable bonds is 47. The van der Waals surface area contributed by atoms with Gasteiger partial charge in [-0.3, -0.25) is 13.8 Å². The highest BCUT2D eigenvalue weighted by Crippen LogP contribution is 2.43. The Kier molecular flexibility index (Phi) is 45.6. The summed E-state index contributed by atoms with van der Waals surface area (Å²) in [5.74, 6) is -0.193. The molecule has 8 nitrogen and oxygen atoms in total. The molecule has 0 rings (SSSR count). The topological polar surface area (TPSA) is 105 Å². The first-order valence-corrected chi connectivity index (χ1v) is 28.1. The van der Waals surface area contributed by atoms with Crippen LogP contribution in [0, 0.1) is 0 Å². The molecule has 0 bridgehead atoms. The summed E-state index contributed by atoms with van der Waals surface area (Å²) in [7, 11) is 1.54. The van der Waals surface area contributed by atoms with Gasteiger partial charge >= 0.3 is 7.82 Å². The molecule has 0 heterocycles. The number of aliphatic hydroxyl groups is 1. The second-order valence-electron chi connectivity index (χ2n) is 18.9. The van der Waals surface area contributed by atoms with Crippen molar-refractivity contribution in [3.8, 4) is 0 Å². The van der Waals surface area contributed by atoms with Gasteiger partial charge in [0, 0.05) is 6.42 Å². The molecule has 0 spiro atoms. The molecule has 0 fully saturated rings. The molecule has 380 valence electrons. The summed E-state index contributed by atoms with van der Waals surface area (Å²) in [5.41, 5.74) is 0. The fourth-order valence-electron chi connectivity index (χ4n) is 7.12. The van der Waals surface area contributed by atoms with E-state index in [1.54, 1.807) is 6.08 Å². The first-order chi connectivity index (χ1) is 32.0. The van der Waals surface area contributed by atoms with E-state index in [2.05, 4.69) is 104 Å². The number of aliphatic hydroxyl groups excluding tert-OH is 1. The van der Waals surface area contributed by atoms with Crippen LogP contribution in [0.3, 0.4) is 0 Å². The molecule has 0 aromatic heterocycles. The normalized spacial score (nSPS) is 14.8. The highest BCUT2D eigenvalue weighted by Gasteiger charge is 2.27. The van der Waals surface area contributed by atoms with Gasteiger partial charge in [-0.25, -0.2) is 4.57 Å². The van der Waals surface area contributed by atoms with Crippen molar-refractivity contribution in [2.75, 3.05) is 40.9 Å². The maximum absolute atomic E-state index is 12.9. The Labute approximate surface area is 407 Å². The number of hydrogen-bond acceptors (Lipinski definition) is 5. The Balaban J connectivity index is 3.98. The fourth-order valence-corrected chi connectivity index (χ4v) is 7.85. The van der Waals surface area contributed by atoms with Crippen LogP contribution in [0.5, 0.6) is 0 Å². The maximum atomic E-state index is 12.9. The minimum atomic E-state index is -4.35. The van der Waals surface area contributed by atoms with Crippen LogP contribution in [0.25, 0.3) is 0 Å². The van der Waals surface area contributed by atoms with E-state index >= 15 is 0 Å². The molecular weight excluding hydrogens is 840 g/mol. The largest absolute Gasteiger partial charge is 0.472 e. The fraction of sp³-hybridized carbons (Fsp3) is 0.702. The van der Waals surface area contributed by atoms with E-state index in [1.165, 1.54) is 109 Å². The number of allylic oxidation sites excluding steroid dienone is 15. The van der Waals surface area contributed by atoms with Crippen molar-refractivity contribution in [1.82, 2.24) is 5.32 Å². The SMILES string of the molecule is CC/C=C\C/C=C\C/C=C\C/C=C\C/C=C\C/C=C\CCCCCCCCCCCCCCCCCCC(=O)NC(COP(=O)(O)OCC[N+](C)(C)C)C(O)/C=C/CC/C=C/CCCCC. The van der Waals surface area contributed by atoms with Crippen LogP contribution in [0.1, 0.15) is 206 Å². The van der Waals surface area contributed by atoms with Gasteiger partial charge in [0.1, 0.15) is 13.2 Å². The van der Waals surface area contributed by atoms with E-state index in [4.69, 9.17) is 9.05 Å². The minimum Gasteiger partial charge on any atom is -0.387 e. The summed E-state index contributed by atoms with van der Waals surface area (Å²) >= 11 is 0. The molecule has 0 radical (unpaired) electrons. The smallest absolute Gasteiger partial charge is 0.387 e. The predicted molar refractivity (Wildman–Crippen MR) is 286 cm³/mol. The average molecular weight is 942 g/mol. The van der Waals surface area contributed by atoms with Crippen molar-refractivity contribution in [3.05, 3.63) is 97.2 Å². The summed E-state index contributed by atoms with van der Waals surface area (Å²) in [5, 5.41) is 13.8. The zero-order valence-corrected chi connectivity index (χ0v) is 44.0. The number of quaternary nitrogens is 1. The standard InChI is InChI=1S/C57H101N2O6P/c1-6-8-10-12-14-16-17-18-19-20-21-22-23-24-25-26-27-28-29-30-31-32-33-34-35-36-37-38-39-40-41-43-45-47-49-51-57(61)58-55(54-65-66(62,63)64-53-52-59(3,4)5)56(60)50-48-46-44-42-15-13-11-9-7-2/h8,10,14-16,18-19,21-22,24-25,27-28,42,48,50,55-56,60H,6-7,9,11-13,17,20,23,26,29-41,43-47,49,51-54H2,1-5H3,(H-,58,61,62,63)/p+1/b10-8-,16-14-,19-18-,22-21-,25-24-,28-27-,42-15+,50-48+. The Morgan fingerprint density at radius 3 is 1.39 bits per heavy atom. The van der Waals surface area contributed by atoms with Crippen LogP contribution in [0.15, 0.2) is 97.2 Å². The third kappa shape index (κ3) is 49.3. The van der Waals surface area contributed by atoms with Crippen molar-refractivity contribution in [3.63, 3.8) is 0 Å². The molecule has 0 aliphatic heterocycles. The third-order valence-electron chi connectivity index (χ3n) is 11.3. The molecule has 0 saturated carbocycles. The first-order valence-electron chi connectivity index (χ1n) is 26.6. The van der Waals surface area contributed by atoms with Crippen molar-refractivity contribution >= 4 is 13.7 Å². The molecule has 1 amide bonds. The number of likely N-dealkylation sites (N-methyl/N-ethyl adjacent to an activating group) is 1. The van der Waals surface area contributed by atoms with Gasteiger partial charge in [-0.05, 0) is 83.5 Å². The zero-order valence-electron chi connectivity index (χ0n) is 43.1. The second-order valence-corrected chi connectivity index (χ2v) is 20.3. The monoisotopic (exact) mass is 942 g/mol. The lowest BCUT2D eigenvalue weighted by Gasteiger charge is -2.25. The van der Waals surface area contributed by atoms with E-state index < -0.39 is 20.0 Å². The number of phosphoric ester groups is 1. The Hall–Kier alpha value is -2.58. The molecule has 0 aromatic carbocycles. The Bertz CT molecular complexity index is 1390. The Morgan fingerprint density at radius 2 is 0.924 bits per heavy atom. The van der Waals surface area contributed by atoms with Crippen LogP contribution in [-0.2, 0) is 18.4 Å². The predicted octanol–water partition coefficient (Wildman–Crippen LogP) is 15.9. The molecule has 66 heavy (non-hydrogen) atoms. The van der Waals surface area contributed by atoms with Gasteiger partial charge in [0.15, 0.2) is 0 Å². The van der Waals surface area contributed by atoms with Crippen LogP contribution in [0.4, 0.5) is 0 Å². The number of hydrogen-bond donors (Lipinski definition) is 3. The quantitative estimate of drug-likeness (QED) is 0.0243. The van der Waals surface area contributed by atoms with Gasteiger partial charge in [-0.15, -0.1) is 0 Å². The van der Waals surface area contributed by atoms with E-state index in [1.807, 2.05) is 27.2 Å². The number of carbonyl (C=O) groups excluding carboxylic acids is 1. The molecule has 9 heteroatoms. The van der Waals surface area contributed by atoms with Crippen molar-refractivity contribution in [2.24, 2.45) is 0 Å². The van der Waals surface area contributed by atoms with Crippen molar-refractivity contribution in [2.45, 2.75) is 219 Å². The number of nitrogens with zero attached hydrogens (tertiary/aromatic N) is 1. The summed E-state index contributed by atoms with van der Waals surface area (Å²) in [6, 6.07) is -0.865. The molecule has 3 N–H and O–H groups in total. The number of carbonyl (C=O) groups is 1. The summed E-state index contributed by atoms with van der Waals surface area (Å²) in [4.78, 5) is 23.1. The van der Waals surface area contributed by atoms with Gasteiger partial charge in [-0.2, -0.15) is 0 Å². The highest BCUT2D eigenvalue weighted by atomic mass is 31.2. The summed E-state index contributed by atoms with van der Waals surface area (Å²) < 4.78 is 23.5. The first kappa shape index (κ1) is 63.4. The van der Waals surface area contributed by atoms with Crippen LogP contribution in [-0.4, -0.2) is 73.4 Å². The number of phosphoric acid groups is 1. The van der Waals surface area contributed by atoms with Crippen LogP contribution < -0.4 is 5.32 Å². The lowest BCUT2D eigenvalue weighted by atomic mass is 10.0. The molecule has 0 saturated heterocycles. The van der Waals surface area contributed by atoms with Gasteiger partial charge in [0.05, 0.1) is 39.9 Å². The molecular formula is C57H102N2O6P+. The van der Waals surface area contributed by atoms with Crippen LogP contribution >= 0.6 is 7.82 Å². The highest BCUT2D eigenvalue weighted by molar-refractivity contribution is 7.47. The molecule has 0 aliphatic carbocycles. The van der Waals surface area contributed by atoms with E-state index in [0.717, 1.165) is 77.0 Å². The van der Waals surface area contributed by atoms with Gasteiger partial charge < -0.3 is 19.8 Å². The van der Waals surface area contributed by atoms with Crippen LogP contribution in [0.2, 0.25) is 0 Å². The zero-order chi connectivity index (χ0) is 48.5. The lowest BCUT2D eigenvalue weighted by molar-refractivity contribution is -0.870. The lowest BCUT2D eigenvalue weighted by Crippen LogP contribution is -2.45. The van der Waals surface area contributed by atoms with Gasteiger partial charge in [-0.1, -0.05) is 214 Å². The van der Waals surface area contributed by atoms with Crippen molar-refractivity contribution in [1.29, 1.82) is 0 Å². The molecule has 3 atom stereocenters. The summed E-state index contributed by atoms with van der Waals surface area (Å²) in [6.45, 7) is 4.61. The average Bonchev–Trinajstić information content (AvgIpc) is 3.28. The van der Waals surface area contributed by atoms with E-state index in [9.17, 15) is 19.4 Å². The third-order valence-corrected chi connectivity index (χ3v) is 12.3. The molecule has 0 aliphatic rings. The van der Waals surface area contributed by atoms with Crippen molar-refractivity contribution < 1.29 is 32.9 Å².